The van der Waals surface area contributed by atoms with Gasteiger partial charge in [-0.3, -0.25) is 9.69 Å². The first-order valence-electron chi connectivity index (χ1n) is 6.64. The van der Waals surface area contributed by atoms with Gasteiger partial charge >= 0.3 is 0 Å². The Hall–Kier alpha value is -2.06. The van der Waals surface area contributed by atoms with Gasteiger partial charge < -0.3 is 19.4 Å². The molecule has 0 spiro atoms. The van der Waals surface area contributed by atoms with Gasteiger partial charge in [-0.1, -0.05) is 36.1 Å². The molecule has 1 aliphatic heterocycles. The monoisotopic (exact) mass is 352 g/mol. The van der Waals surface area contributed by atoms with Crippen molar-refractivity contribution in [3.8, 4) is 11.5 Å². The van der Waals surface area contributed by atoms with E-state index in [9.17, 15) is 14.7 Å². The predicted octanol–water partition coefficient (Wildman–Crippen LogP) is 1.04. The Morgan fingerprint density at radius 3 is 2.74 bits per heavy atom. The number of carbonyl (C=O) groups excluding carboxylic acids is 2. The number of nitrogens with zero attached hydrogens (tertiary/aromatic N) is 1. The van der Waals surface area contributed by atoms with E-state index >= 15 is 0 Å². The van der Waals surface area contributed by atoms with Crippen LogP contribution in [0.5, 0.6) is 11.5 Å². The van der Waals surface area contributed by atoms with Gasteiger partial charge in [0.05, 0.1) is 19.1 Å². The number of hydrogen-bond acceptors (Lipinski definition) is 7. The molecule has 122 valence electrons. The van der Waals surface area contributed by atoms with Gasteiger partial charge in [-0.25, -0.2) is 0 Å². The van der Waals surface area contributed by atoms with Crippen molar-refractivity contribution in [1.29, 1.82) is 0 Å². The van der Waals surface area contributed by atoms with Crippen molar-refractivity contribution in [2.45, 2.75) is 6.42 Å². The molecule has 0 N–H and O–H groups in total. The Balaban J connectivity index is 2.29. The summed E-state index contributed by atoms with van der Waals surface area (Å²) in [5.41, 5.74) is 0.673. The number of thioether (sulfide) groups is 1. The molecule has 0 bridgehead atoms. The molecule has 0 aromatic heterocycles. The molecule has 1 heterocycles. The molecule has 1 saturated heterocycles. The fourth-order valence-electron chi connectivity index (χ4n) is 2.06. The SMILES string of the molecule is COc1cccc(/C=C2\SC(=S)N(CCC(=O)[O-])C2=O)c1OC. The number of carbonyl (C=O) groups is 2. The van der Waals surface area contributed by atoms with Crippen LogP contribution in [0, 0.1) is 0 Å². The van der Waals surface area contributed by atoms with E-state index in [1.54, 1.807) is 24.3 Å². The van der Waals surface area contributed by atoms with E-state index in [0.717, 1.165) is 11.8 Å². The number of benzene rings is 1. The lowest BCUT2D eigenvalue weighted by atomic mass is 10.1. The first kappa shape index (κ1) is 17.3. The minimum absolute atomic E-state index is 0.000411. The lowest BCUT2D eigenvalue weighted by molar-refractivity contribution is -0.305. The lowest BCUT2D eigenvalue weighted by Gasteiger charge is -2.14. The van der Waals surface area contributed by atoms with Crippen LogP contribution >= 0.6 is 24.0 Å². The van der Waals surface area contributed by atoms with Crippen molar-refractivity contribution in [3.63, 3.8) is 0 Å². The third kappa shape index (κ3) is 3.83. The average molecular weight is 352 g/mol. The molecule has 0 radical (unpaired) electrons. The summed E-state index contributed by atoms with van der Waals surface area (Å²) in [6.07, 6.45) is 1.39. The highest BCUT2D eigenvalue weighted by molar-refractivity contribution is 8.26. The van der Waals surface area contributed by atoms with Gasteiger partial charge in [-0.05, 0) is 12.1 Å². The molecule has 2 rings (SSSR count). The molecule has 0 unspecified atom stereocenters. The molecular weight excluding hydrogens is 338 g/mol. The van der Waals surface area contributed by atoms with E-state index in [-0.39, 0.29) is 18.9 Å². The summed E-state index contributed by atoms with van der Waals surface area (Å²) < 4.78 is 10.9. The van der Waals surface area contributed by atoms with Crippen molar-refractivity contribution in [2.75, 3.05) is 20.8 Å². The van der Waals surface area contributed by atoms with Gasteiger partial charge in [-0.2, -0.15) is 0 Å². The van der Waals surface area contributed by atoms with Crippen molar-refractivity contribution in [2.24, 2.45) is 0 Å². The molecule has 0 aliphatic carbocycles. The normalized spacial score (nSPS) is 16.1. The molecular formula is C15H14NO5S2-. The van der Waals surface area contributed by atoms with Crippen LogP contribution in [0.2, 0.25) is 0 Å². The van der Waals surface area contributed by atoms with Crippen LogP contribution < -0.4 is 14.6 Å². The zero-order valence-corrected chi connectivity index (χ0v) is 14.2. The number of carboxylic acids is 1. The third-order valence-corrected chi connectivity index (χ3v) is 4.51. The number of hydrogen-bond donors (Lipinski definition) is 0. The van der Waals surface area contributed by atoms with Crippen molar-refractivity contribution < 1.29 is 24.2 Å². The van der Waals surface area contributed by atoms with Crippen LogP contribution in [0.3, 0.4) is 0 Å². The van der Waals surface area contributed by atoms with Crippen molar-refractivity contribution in [3.05, 3.63) is 28.7 Å². The van der Waals surface area contributed by atoms with Crippen LogP contribution in [0.15, 0.2) is 23.1 Å². The van der Waals surface area contributed by atoms with Gasteiger partial charge in [0.1, 0.15) is 4.32 Å². The molecule has 1 aliphatic rings. The first-order chi connectivity index (χ1) is 11.0. The highest BCUT2D eigenvalue weighted by Gasteiger charge is 2.31. The number of rotatable bonds is 6. The van der Waals surface area contributed by atoms with Gasteiger partial charge in [0.25, 0.3) is 5.91 Å². The topological polar surface area (TPSA) is 78.9 Å². The van der Waals surface area contributed by atoms with Crippen LogP contribution in [0.4, 0.5) is 0 Å². The Labute approximate surface area is 143 Å². The predicted molar refractivity (Wildman–Crippen MR) is 89.0 cm³/mol. The summed E-state index contributed by atoms with van der Waals surface area (Å²) >= 11 is 6.25. The zero-order chi connectivity index (χ0) is 17.0. The molecule has 1 fully saturated rings. The number of aliphatic carboxylic acids is 1. The van der Waals surface area contributed by atoms with E-state index in [4.69, 9.17) is 21.7 Å². The number of carboxylic acid groups (broad SMARTS) is 1. The molecule has 23 heavy (non-hydrogen) atoms. The van der Waals surface area contributed by atoms with E-state index in [2.05, 4.69) is 0 Å². The number of thiocarbonyl (C=S) groups is 1. The largest absolute Gasteiger partial charge is 0.550 e. The molecule has 1 amide bonds. The molecule has 1 aromatic carbocycles. The standard InChI is InChI=1S/C15H15NO5S2/c1-20-10-5-3-4-9(13(10)21-2)8-11-14(19)16(15(22)23-11)7-6-12(17)18/h3-5,8H,6-7H2,1-2H3,(H,17,18)/p-1/b11-8-. The Kier molecular flexibility index (Phi) is 5.62. The highest BCUT2D eigenvalue weighted by atomic mass is 32.2. The number of para-hydroxylation sites is 1. The van der Waals surface area contributed by atoms with Crippen molar-refractivity contribution in [1.82, 2.24) is 4.90 Å². The molecule has 6 nitrogen and oxygen atoms in total. The van der Waals surface area contributed by atoms with Crippen LogP contribution in [0.25, 0.3) is 6.08 Å². The fraction of sp³-hybridized carbons (Fsp3) is 0.267. The Morgan fingerprint density at radius 1 is 1.39 bits per heavy atom. The minimum Gasteiger partial charge on any atom is -0.550 e. The lowest BCUT2D eigenvalue weighted by Crippen LogP contribution is -2.33. The van der Waals surface area contributed by atoms with Gasteiger partial charge in [0.2, 0.25) is 0 Å². The summed E-state index contributed by atoms with van der Waals surface area (Å²) in [7, 11) is 3.04. The summed E-state index contributed by atoms with van der Waals surface area (Å²) in [6, 6.07) is 5.32. The minimum atomic E-state index is -1.22. The number of amides is 1. The third-order valence-electron chi connectivity index (χ3n) is 3.13. The first-order valence-corrected chi connectivity index (χ1v) is 7.86. The van der Waals surface area contributed by atoms with Crippen LogP contribution in [-0.2, 0) is 9.59 Å². The van der Waals surface area contributed by atoms with E-state index in [1.807, 2.05) is 0 Å². The van der Waals surface area contributed by atoms with E-state index in [0.29, 0.717) is 26.3 Å². The highest BCUT2D eigenvalue weighted by Crippen LogP contribution is 2.37. The Morgan fingerprint density at radius 2 is 2.13 bits per heavy atom. The average Bonchev–Trinajstić information content (AvgIpc) is 2.79. The second kappa shape index (κ2) is 7.47. The van der Waals surface area contributed by atoms with Gasteiger partial charge in [-0.15, -0.1) is 0 Å². The zero-order valence-electron chi connectivity index (χ0n) is 12.5. The van der Waals surface area contributed by atoms with E-state index in [1.165, 1.54) is 19.1 Å². The maximum Gasteiger partial charge on any atom is 0.266 e. The Bertz CT molecular complexity index is 686. The second-order valence-corrected chi connectivity index (χ2v) is 6.21. The number of methoxy groups -OCH3 is 2. The molecule has 1 aromatic rings. The second-order valence-electron chi connectivity index (χ2n) is 4.54. The maximum absolute atomic E-state index is 12.4. The van der Waals surface area contributed by atoms with Gasteiger partial charge in [0, 0.05) is 24.5 Å². The molecule has 0 atom stereocenters. The molecule has 0 saturated carbocycles. The summed E-state index contributed by atoms with van der Waals surface area (Å²) in [4.78, 5) is 24.6. The summed E-state index contributed by atoms with van der Waals surface area (Å²) in [5, 5.41) is 10.6. The quantitative estimate of drug-likeness (QED) is 0.559. The van der Waals surface area contributed by atoms with Crippen LogP contribution in [-0.4, -0.2) is 41.9 Å². The summed E-state index contributed by atoms with van der Waals surface area (Å²) in [5.74, 6) is -0.493. The van der Waals surface area contributed by atoms with Crippen molar-refractivity contribution >= 4 is 46.3 Å². The summed E-state index contributed by atoms with van der Waals surface area (Å²) in [6.45, 7) is -0.000411. The molecule has 8 heteroatoms. The number of ether oxygens (including phenoxy) is 2. The van der Waals surface area contributed by atoms with Gasteiger partial charge in [0.15, 0.2) is 11.5 Å². The fourth-order valence-corrected chi connectivity index (χ4v) is 3.36. The smallest absolute Gasteiger partial charge is 0.266 e. The van der Waals surface area contributed by atoms with Crippen LogP contribution in [0.1, 0.15) is 12.0 Å². The van der Waals surface area contributed by atoms with E-state index < -0.39 is 5.97 Å². The maximum atomic E-state index is 12.4.